The van der Waals surface area contributed by atoms with Crippen LogP contribution in [-0.2, 0) is 0 Å². The fraction of sp³-hybridized carbons (Fsp3) is 0.462. The molecule has 0 aromatic heterocycles. The molecule has 0 fully saturated rings. The molecule has 0 saturated heterocycles. The Morgan fingerprint density at radius 1 is 1.53 bits per heavy atom. The van der Waals surface area contributed by atoms with Crippen molar-refractivity contribution < 1.29 is 9.90 Å². The molecule has 3 nitrogen and oxygen atoms in total. The Morgan fingerprint density at radius 2 is 2.24 bits per heavy atom. The average molecular weight is 256 g/mol. The van der Waals surface area contributed by atoms with Gasteiger partial charge in [-0.05, 0) is 31.0 Å². The fourth-order valence-corrected chi connectivity index (χ4v) is 1.77. The molecule has 0 heterocycles. The van der Waals surface area contributed by atoms with Crippen LogP contribution in [0.1, 0.15) is 35.7 Å². The van der Waals surface area contributed by atoms with Gasteiger partial charge in [-0.15, -0.1) is 0 Å². The number of rotatable bonds is 5. The Labute approximate surface area is 107 Å². The first-order valence-electron chi connectivity index (χ1n) is 5.77. The van der Waals surface area contributed by atoms with Crippen LogP contribution in [0.25, 0.3) is 0 Å². The Hall–Kier alpha value is -1.06. The summed E-state index contributed by atoms with van der Waals surface area (Å²) in [6.07, 6.45) is 1.10. The summed E-state index contributed by atoms with van der Waals surface area (Å²) in [5, 5.41) is 12.8. The van der Waals surface area contributed by atoms with Crippen molar-refractivity contribution in [2.45, 2.75) is 32.8 Å². The number of hydrogen-bond acceptors (Lipinski definition) is 2. The number of nitrogens with one attached hydrogen (secondary N) is 1. The minimum atomic E-state index is -0.483. The van der Waals surface area contributed by atoms with Gasteiger partial charge in [-0.25, -0.2) is 0 Å². The predicted molar refractivity (Wildman–Crippen MR) is 69.4 cm³/mol. The maximum absolute atomic E-state index is 11.8. The molecule has 0 radical (unpaired) electrons. The molecule has 1 unspecified atom stereocenters. The number of hydrogen-bond donors (Lipinski definition) is 2. The third-order valence-corrected chi connectivity index (χ3v) is 3.04. The van der Waals surface area contributed by atoms with Crippen LogP contribution in [0.4, 0.5) is 0 Å². The van der Waals surface area contributed by atoms with Gasteiger partial charge in [0.2, 0.25) is 0 Å². The molecule has 0 saturated carbocycles. The Morgan fingerprint density at radius 3 is 2.88 bits per heavy atom. The van der Waals surface area contributed by atoms with E-state index in [1.54, 1.807) is 25.1 Å². The molecular weight excluding hydrogens is 238 g/mol. The van der Waals surface area contributed by atoms with Gasteiger partial charge in [-0.3, -0.25) is 4.79 Å². The maximum Gasteiger partial charge on any atom is 0.251 e. The number of amides is 1. The first kappa shape index (κ1) is 14.0. The summed E-state index contributed by atoms with van der Waals surface area (Å²) < 4.78 is 0. The molecule has 0 bridgehead atoms. The second-order valence-electron chi connectivity index (χ2n) is 4.06. The maximum atomic E-state index is 11.8. The molecule has 4 heteroatoms. The lowest BCUT2D eigenvalue weighted by molar-refractivity contribution is 0.0909. The molecule has 1 aromatic carbocycles. The Balaban J connectivity index is 2.61. The first-order chi connectivity index (χ1) is 8.06. The van der Waals surface area contributed by atoms with Gasteiger partial charge in [-0.1, -0.05) is 31.0 Å². The number of aliphatic hydroxyl groups is 1. The number of carbonyl (C=O) groups is 1. The van der Waals surface area contributed by atoms with E-state index in [4.69, 9.17) is 11.6 Å². The van der Waals surface area contributed by atoms with E-state index in [0.29, 0.717) is 17.0 Å². The van der Waals surface area contributed by atoms with Crippen molar-refractivity contribution in [3.05, 3.63) is 34.3 Å². The highest BCUT2D eigenvalue weighted by Gasteiger charge is 2.11. The van der Waals surface area contributed by atoms with E-state index in [-0.39, 0.29) is 12.5 Å². The Bertz CT molecular complexity index is 393. The predicted octanol–water partition coefficient (Wildman–Crippen LogP) is 2.54. The van der Waals surface area contributed by atoms with Crippen LogP contribution in [0.15, 0.2) is 18.2 Å². The van der Waals surface area contributed by atoms with Crippen molar-refractivity contribution in [2.24, 2.45) is 0 Å². The van der Waals surface area contributed by atoms with Crippen LogP contribution >= 0.6 is 11.6 Å². The SMILES string of the molecule is CCCC(O)CNC(=O)c1cccc(Cl)c1C. The second kappa shape index (κ2) is 6.62. The largest absolute Gasteiger partial charge is 0.391 e. The quantitative estimate of drug-likeness (QED) is 0.850. The van der Waals surface area contributed by atoms with E-state index in [1.807, 2.05) is 6.92 Å². The molecule has 0 aliphatic carbocycles. The van der Waals surface area contributed by atoms with Crippen molar-refractivity contribution in [1.29, 1.82) is 0 Å². The zero-order valence-corrected chi connectivity index (χ0v) is 10.9. The highest BCUT2D eigenvalue weighted by molar-refractivity contribution is 6.31. The summed E-state index contributed by atoms with van der Waals surface area (Å²) in [5.41, 5.74) is 1.32. The molecular formula is C13H18ClNO2. The van der Waals surface area contributed by atoms with Gasteiger partial charge < -0.3 is 10.4 Å². The summed E-state index contributed by atoms with van der Waals surface area (Å²) >= 11 is 5.94. The molecule has 0 spiro atoms. The van der Waals surface area contributed by atoms with Crippen molar-refractivity contribution in [3.8, 4) is 0 Å². The lowest BCUT2D eigenvalue weighted by atomic mass is 10.1. The van der Waals surface area contributed by atoms with Crippen molar-refractivity contribution in [3.63, 3.8) is 0 Å². The molecule has 2 N–H and O–H groups in total. The summed E-state index contributed by atoms with van der Waals surface area (Å²) in [6.45, 7) is 4.07. The third kappa shape index (κ3) is 4.02. The summed E-state index contributed by atoms with van der Waals surface area (Å²) in [6, 6.07) is 5.22. The monoisotopic (exact) mass is 255 g/mol. The van der Waals surface area contributed by atoms with Crippen LogP contribution in [0.2, 0.25) is 5.02 Å². The summed E-state index contributed by atoms with van der Waals surface area (Å²) in [4.78, 5) is 11.8. The van der Waals surface area contributed by atoms with Gasteiger partial charge in [0.05, 0.1) is 6.10 Å². The van der Waals surface area contributed by atoms with Crippen molar-refractivity contribution in [1.82, 2.24) is 5.32 Å². The van der Waals surface area contributed by atoms with E-state index in [0.717, 1.165) is 12.0 Å². The van der Waals surface area contributed by atoms with E-state index >= 15 is 0 Å². The molecule has 1 amide bonds. The average Bonchev–Trinajstić information content (AvgIpc) is 2.30. The van der Waals surface area contributed by atoms with Crippen LogP contribution in [0, 0.1) is 6.92 Å². The number of benzene rings is 1. The molecule has 0 aliphatic heterocycles. The lowest BCUT2D eigenvalue weighted by Gasteiger charge is -2.12. The number of carbonyl (C=O) groups excluding carboxylic acids is 1. The molecule has 94 valence electrons. The van der Waals surface area contributed by atoms with Crippen molar-refractivity contribution in [2.75, 3.05) is 6.54 Å². The minimum absolute atomic E-state index is 0.194. The molecule has 1 atom stereocenters. The van der Waals surface area contributed by atoms with Crippen molar-refractivity contribution >= 4 is 17.5 Å². The standard InChI is InChI=1S/C13H18ClNO2/c1-3-5-10(16)8-15-13(17)11-6-4-7-12(14)9(11)2/h4,6-7,10,16H,3,5,8H2,1-2H3,(H,15,17). The van der Waals surface area contributed by atoms with Gasteiger partial charge in [0.1, 0.15) is 0 Å². The van der Waals surface area contributed by atoms with Crippen LogP contribution < -0.4 is 5.32 Å². The summed E-state index contributed by atoms with van der Waals surface area (Å²) in [7, 11) is 0. The van der Waals surface area contributed by atoms with Gasteiger partial charge in [0.25, 0.3) is 5.91 Å². The van der Waals surface area contributed by atoms with E-state index in [9.17, 15) is 9.90 Å². The van der Waals surface area contributed by atoms with E-state index in [2.05, 4.69) is 5.32 Å². The Kier molecular flexibility index (Phi) is 5.45. The molecule has 1 aromatic rings. The topological polar surface area (TPSA) is 49.3 Å². The number of halogens is 1. The van der Waals surface area contributed by atoms with Gasteiger partial charge in [-0.2, -0.15) is 0 Å². The second-order valence-corrected chi connectivity index (χ2v) is 4.47. The van der Waals surface area contributed by atoms with Crippen LogP contribution in [-0.4, -0.2) is 23.7 Å². The first-order valence-corrected chi connectivity index (χ1v) is 6.15. The fourth-order valence-electron chi connectivity index (χ4n) is 1.59. The smallest absolute Gasteiger partial charge is 0.251 e. The highest BCUT2D eigenvalue weighted by Crippen LogP contribution is 2.18. The molecule has 1 rings (SSSR count). The van der Waals surface area contributed by atoms with Crippen LogP contribution in [0.3, 0.4) is 0 Å². The lowest BCUT2D eigenvalue weighted by Crippen LogP contribution is -2.32. The minimum Gasteiger partial charge on any atom is -0.391 e. The third-order valence-electron chi connectivity index (χ3n) is 2.63. The van der Waals surface area contributed by atoms with E-state index in [1.165, 1.54) is 0 Å². The van der Waals surface area contributed by atoms with Gasteiger partial charge in [0.15, 0.2) is 0 Å². The van der Waals surface area contributed by atoms with Gasteiger partial charge >= 0.3 is 0 Å². The van der Waals surface area contributed by atoms with E-state index < -0.39 is 6.10 Å². The van der Waals surface area contributed by atoms with Gasteiger partial charge in [0, 0.05) is 17.1 Å². The zero-order chi connectivity index (χ0) is 12.8. The number of aliphatic hydroxyl groups excluding tert-OH is 1. The van der Waals surface area contributed by atoms with Crippen LogP contribution in [0.5, 0.6) is 0 Å². The highest BCUT2D eigenvalue weighted by atomic mass is 35.5. The molecule has 0 aliphatic rings. The normalized spacial score (nSPS) is 12.2. The summed E-state index contributed by atoms with van der Waals surface area (Å²) in [5.74, 6) is -0.194. The zero-order valence-electron chi connectivity index (χ0n) is 10.2. The molecule has 17 heavy (non-hydrogen) atoms.